The van der Waals surface area contributed by atoms with E-state index in [9.17, 15) is 14.7 Å². The second-order valence-corrected chi connectivity index (χ2v) is 5.03. The molecule has 2 saturated heterocycles. The molecule has 6 heteroatoms. The van der Waals surface area contributed by atoms with Gasteiger partial charge in [-0.05, 0) is 11.6 Å². The molecule has 3 rings (SSSR count). The topological polar surface area (TPSA) is 66.8 Å². The fourth-order valence-electron chi connectivity index (χ4n) is 2.98. The lowest BCUT2D eigenvalue weighted by atomic mass is 9.85. The van der Waals surface area contributed by atoms with Crippen molar-refractivity contribution in [2.75, 3.05) is 6.54 Å². The van der Waals surface area contributed by atoms with Gasteiger partial charge in [0.2, 0.25) is 11.1 Å². The van der Waals surface area contributed by atoms with E-state index in [2.05, 4.69) is 0 Å². The van der Waals surface area contributed by atoms with Crippen molar-refractivity contribution in [1.82, 2.24) is 4.90 Å². The monoisotopic (exact) mass is 257 g/mol. The Kier molecular flexibility index (Phi) is 2.50. The van der Waals surface area contributed by atoms with Crippen LogP contribution in [0.4, 0.5) is 0 Å². The Morgan fingerprint density at radius 2 is 2.18 bits per heavy atom. The SMILES string of the molecule is O=C(Cl)CCN1C(=O)C2C3C=CC(O3)C2C1O. The molecule has 5 atom stereocenters. The molecular formula is C11H12ClNO4. The van der Waals surface area contributed by atoms with E-state index in [4.69, 9.17) is 16.3 Å². The largest absolute Gasteiger partial charge is 0.373 e. The highest BCUT2D eigenvalue weighted by molar-refractivity contribution is 6.63. The fourth-order valence-corrected chi connectivity index (χ4v) is 3.06. The Balaban J connectivity index is 1.78. The maximum atomic E-state index is 12.1. The first-order valence-electron chi connectivity index (χ1n) is 5.60. The Morgan fingerprint density at radius 1 is 1.47 bits per heavy atom. The van der Waals surface area contributed by atoms with E-state index in [1.54, 1.807) is 0 Å². The molecule has 3 heterocycles. The fraction of sp³-hybridized carbons (Fsp3) is 0.636. The predicted octanol–water partition coefficient (Wildman–Crippen LogP) is -0.128. The number of amides is 1. The number of carbonyl (C=O) groups is 2. The molecule has 92 valence electrons. The number of halogens is 1. The van der Waals surface area contributed by atoms with E-state index in [1.165, 1.54) is 4.90 Å². The second kappa shape index (κ2) is 3.80. The van der Waals surface area contributed by atoms with Gasteiger partial charge in [0.25, 0.3) is 0 Å². The zero-order valence-electron chi connectivity index (χ0n) is 8.95. The van der Waals surface area contributed by atoms with Crippen LogP contribution < -0.4 is 0 Å². The number of likely N-dealkylation sites (tertiary alicyclic amines) is 1. The zero-order valence-corrected chi connectivity index (χ0v) is 9.71. The summed E-state index contributed by atoms with van der Waals surface area (Å²) in [5.41, 5.74) is 0. The van der Waals surface area contributed by atoms with Gasteiger partial charge in [-0.2, -0.15) is 0 Å². The molecule has 3 aliphatic rings. The number of aliphatic hydroxyl groups excluding tert-OH is 1. The molecule has 1 N–H and O–H groups in total. The average molecular weight is 258 g/mol. The molecule has 5 nitrogen and oxygen atoms in total. The van der Waals surface area contributed by atoms with Crippen molar-refractivity contribution in [2.45, 2.75) is 24.9 Å². The van der Waals surface area contributed by atoms with Gasteiger partial charge in [-0.1, -0.05) is 12.2 Å². The van der Waals surface area contributed by atoms with Gasteiger partial charge in [-0.15, -0.1) is 0 Å². The van der Waals surface area contributed by atoms with E-state index < -0.39 is 11.5 Å². The molecule has 0 aliphatic carbocycles. The van der Waals surface area contributed by atoms with Gasteiger partial charge in [-0.3, -0.25) is 9.59 Å². The van der Waals surface area contributed by atoms with Crippen LogP contribution in [0.5, 0.6) is 0 Å². The van der Waals surface area contributed by atoms with Gasteiger partial charge in [0.05, 0.1) is 18.1 Å². The normalized spacial score (nSPS) is 42.4. The molecule has 2 bridgehead atoms. The molecule has 5 unspecified atom stereocenters. The van der Waals surface area contributed by atoms with Crippen LogP contribution in [0.3, 0.4) is 0 Å². The van der Waals surface area contributed by atoms with Gasteiger partial charge in [0, 0.05) is 18.9 Å². The highest BCUT2D eigenvalue weighted by Gasteiger charge is 2.59. The molecule has 0 aromatic heterocycles. The van der Waals surface area contributed by atoms with Crippen LogP contribution in [0.15, 0.2) is 12.2 Å². The second-order valence-electron chi connectivity index (χ2n) is 4.60. The highest BCUT2D eigenvalue weighted by Crippen LogP contribution is 2.46. The van der Waals surface area contributed by atoms with Crippen LogP contribution >= 0.6 is 11.6 Å². The molecule has 0 aromatic carbocycles. The van der Waals surface area contributed by atoms with E-state index >= 15 is 0 Å². The molecule has 1 amide bonds. The molecule has 0 spiro atoms. The van der Waals surface area contributed by atoms with Crippen molar-refractivity contribution in [2.24, 2.45) is 11.8 Å². The number of ether oxygens (including phenoxy) is 1. The smallest absolute Gasteiger partial charge is 0.231 e. The Hall–Kier alpha value is -0.910. The van der Waals surface area contributed by atoms with Gasteiger partial charge in [0.15, 0.2) is 0 Å². The van der Waals surface area contributed by atoms with E-state index in [1.807, 2.05) is 12.2 Å². The molecule has 17 heavy (non-hydrogen) atoms. The average Bonchev–Trinajstić information content (AvgIpc) is 2.92. The molecule has 0 radical (unpaired) electrons. The van der Waals surface area contributed by atoms with Crippen molar-refractivity contribution in [3.8, 4) is 0 Å². The van der Waals surface area contributed by atoms with E-state index in [0.717, 1.165) is 0 Å². The van der Waals surface area contributed by atoms with Gasteiger partial charge < -0.3 is 14.7 Å². The number of hydrogen-bond acceptors (Lipinski definition) is 4. The lowest BCUT2D eigenvalue weighted by molar-refractivity contribution is -0.138. The zero-order chi connectivity index (χ0) is 12.2. The van der Waals surface area contributed by atoms with Gasteiger partial charge in [-0.25, -0.2) is 0 Å². The summed E-state index contributed by atoms with van der Waals surface area (Å²) < 4.78 is 5.54. The number of aliphatic hydroxyl groups is 1. The van der Waals surface area contributed by atoms with Crippen molar-refractivity contribution in [1.29, 1.82) is 0 Å². The summed E-state index contributed by atoms with van der Waals surface area (Å²) in [5, 5.41) is 9.60. The van der Waals surface area contributed by atoms with Crippen LogP contribution in [-0.4, -0.2) is 46.1 Å². The minimum absolute atomic E-state index is 0.0629. The summed E-state index contributed by atoms with van der Waals surface area (Å²) in [6, 6.07) is 0. The van der Waals surface area contributed by atoms with Crippen LogP contribution in [0.1, 0.15) is 6.42 Å². The van der Waals surface area contributed by atoms with Crippen molar-refractivity contribution < 1.29 is 19.4 Å². The maximum absolute atomic E-state index is 12.1. The van der Waals surface area contributed by atoms with Crippen LogP contribution in [0.2, 0.25) is 0 Å². The summed E-state index contributed by atoms with van der Waals surface area (Å²) in [5.74, 6) is -0.648. The number of nitrogens with zero attached hydrogens (tertiary/aromatic N) is 1. The van der Waals surface area contributed by atoms with Crippen LogP contribution in [0, 0.1) is 11.8 Å². The minimum atomic E-state index is -0.872. The van der Waals surface area contributed by atoms with E-state index in [0.29, 0.717) is 0 Å². The summed E-state index contributed by atoms with van der Waals surface area (Å²) in [4.78, 5) is 24.1. The molecule has 0 saturated carbocycles. The van der Waals surface area contributed by atoms with Crippen LogP contribution in [0.25, 0.3) is 0 Å². The first-order valence-corrected chi connectivity index (χ1v) is 5.98. The quantitative estimate of drug-likeness (QED) is 0.565. The third kappa shape index (κ3) is 1.53. The van der Waals surface area contributed by atoms with E-state index in [-0.39, 0.29) is 42.9 Å². The minimum Gasteiger partial charge on any atom is -0.373 e. The van der Waals surface area contributed by atoms with Crippen molar-refractivity contribution in [3.63, 3.8) is 0 Å². The maximum Gasteiger partial charge on any atom is 0.231 e. The number of rotatable bonds is 3. The summed E-state index contributed by atoms with van der Waals surface area (Å²) in [6.07, 6.45) is 2.55. The first kappa shape index (κ1) is 11.2. The van der Waals surface area contributed by atoms with Crippen LogP contribution in [-0.2, 0) is 14.3 Å². The van der Waals surface area contributed by atoms with Gasteiger partial charge >= 0.3 is 0 Å². The highest BCUT2D eigenvalue weighted by atomic mass is 35.5. The Bertz CT molecular complexity index is 410. The number of carbonyl (C=O) groups excluding carboxylic acids is 2. The third-order valence-corrected chi connectivity index (χ3v) is 3.92. The number of fused-ring (bicyclic) bond motifs is 5. The Morgan fingerprint density at radius 3 is 2.82 bits per heavy atom. The van der Waals surface area contributed by atoms with Crippen molar-refractivity contribution >= 4 is 22.8 Å². The number of hydrogen-bond donors (Lipinski definition) is 1. The lowest BCUT2D eigenvalue weighted by Crippen LogP contribution is -2.39. The predicted molar refractivity (Wildman–Crippen MR) is 58.0 cm³/mol. The summed E-state index contributed by atoms with van der Waals surface area (Å²) >= 11 is 5.25. The molecule has 3 aliphatic heterocycles. The third-order valence-electron chi connectivity index (χ3n) is 3.73. The standard InChI is InChI=1S/C11H12ClNO4/c12-7(14)3-4-13-10(15)8-5-1-2-6(17-5)9(8)11(13)16/h1-2,5-6,8-10,15H,3-4H2. The molecular weight excluding hydrogens is 246 g/mol. The first-order chi connectivity index (χ1) is 8.09. The Labute approximate surface area is 103 Å². The molecule has 2 fully saturated rings. The lowest BCUT2D eigenvalue weighted by Gasteiger charge is -2.24. The summed E-state index contributed by atoms with van der Waals surface area (Å²) in [6.45, 7) is 0.175. The van der Waals surface area contributed by atoms with Crippen molar-refractivity contribution in [3.05, 3.63) is 12.2 Å². The molecule has 0 aromatic rings. The van der Waals surface area contributed by atoms with Gasteiger partial charge in [0.1, 0.15) is 6.23 Å². The summed E-state index contributed by atoms with van der Waals surface area (Å²) in [7, 11) is 0.